The highest BCUT2D eigenvalue weighted by Gasteiger charge is 2.38. The molecule has 0 saturated carbocycles. The number of hydrogen-bond donors (Lipinski definition) is 1. The Balaban J connectivity index is 1.68. The maximum absolute atomic E-state index is 11.7. The van der Waals surface area contributed by atoms with Gasteiger partial charge in [-0.15, -0.1) is 0 Å². The molecule has 2 aromatic carbocycles. The normalized spacial score (nSPS) is 19.5. The van der Waals surface area contributed by atoms with E-state index in [1.54, 1.807) is 4.31 Å². The zero-order valence-electron chi connectivity index (χ0n) is 13.2. The standard InChI is InChI=1S/C18H20N2O2S/c1-23(21,22)20-12-10-19(11-13-20)18-16-8-4-2-6-14(16)15-7-3-5-9-17(15)18/h2-9,18H,10-13H2,1H3/p+1. The van der Waals surface area contributed by atoms with E-state index in [0.29, 0.717) is 19.1 Å². The summed E-state index contributed by atoms with van der Waals surface area (Å²) in [5, 5.41) is 0. The lowest BCUT2D eigenvalue weighted by atomic mass is 10.0. The summed E-state index contributed by atoms with van der Waals surface area (Å²) in [6, 6.07) is 17.5. The van der Waals surface area contributed by atoms with Crippen LogP contribution in [0.15, 0.2) is 48.5 Å². The van der Waals surface area contributed by atoms with E-state index < -0.39 is 10.0 Å². The highest BCUT2D eigenvalue weighted by Crippen LogP contribution is 2.41. The van der Waals surface area contributed by atoms with Crippen LogP contribution in [0.25, 0.3) is 11.1 Å². The third-order valence-electron chi connectivity index (χ3n) is 5.08. The third kappa shape index (κ3) is 2.49. The minimum absolute atomic E-state index is 0.323. The Morgan fingerprint density at radius 1 is 0.913 bits per heavy atom. The smallest absolute Gasteiger partial charge is 0.211 e. The lowest BCUT2D eigenvalue weighted by Gasteiger charge is -2.34. The summed E-state index contributed by atoms with van der Waals surface area (Å²) in [5.41, 5.74) is 5.39. The molecule has 0 bridgehead atoms. The van der Waals surface area contributed by atoms with Gasteiger partial charge < -0.3 is 4.90 Å². The molecule has 4 nitrogen and oxygen atoms in total. The lowest BCUT2D eigenvalue weighted by Crippen LogP contribution is -3.15. The molecule has 120 valence electrons. The number of nitrogens with zero attached hydrogens (tertiary/aromatic N) is 1. The summed E-state index contributed by atoms with van der Waals surface area (Å²) in [7, 11) is -3.07. The van der Waals surface area contributed by atoms with Gasteiger partial charge in [-0.3, -0.25) is 0 Å². The molecule has 0 amide bonds. The van der Waals surface area contributed by atoms with Gasteiger partial charge in [0, 0.05) is 11.1 Å². The molecule has 4 rings (SSSR count). The second-order valence-electron chi connectivity index (χ2n) is 6.43. The Labute approximate surface area is 137 Å². The Morgan fingerprint density at radius 3 is 1.87 bits per heavy atom. The first-order chi connectivity index (χ1) is 11.1. The predicted molar refractivity (Wildman–Crippen MR) is 90.8 cm³/mol. The van der Waals surface area contributed by atoms with Crippen molar-refractivity contribution in [2.24, 2.45) is 0 Å². The van der Waals surface area contributed by atoms with Crippen molar-refractivity contribution in [1.29, 1.82) is 0 Å². The third-order valence-corrected chi connectivity index (χ3v) is 6.38. The molecule has 0 radical (unpaired) electrons. The lowest BCUT2D eigenvalue weighted by molar-refractivity contribution is -0.928. The molecular weight excluding hydrogens is 308 g/mol. The van der Waals surface area contributed by atoms with E-state index in [0.717, 1.165) is 13.1 Å². The molecule has 1 aliphatic carbocycles. The summed E-state index contributed by atoms with van der Waals surface area (Å²) >= 11 is 0. The zero-order valence-corrected chi connectivity index (χ0v) is 14.0. The summed E-state index contributed by atoms with van der Waals surface area (Å²) in [6.07, 6.45) is 1.30. The van der Waals surface area contributed by atoms with Gasteiger partial charge in [0.15, 0.2) is 0 Å². The van der Waals surface area contributed by atoms with Gasteiger partial charge in [0.1, 0.15) is 6.04 Å². The maximum Gasteiger partial charge on any atom is 0.211 e. The molecule has 0 spiro atoms. The van der Waals surface area contributed by atoms with Crippen molar-refractivity contribution in [3.8, 4) is 11.1 Å². The first kappa shape index (κ1) is 14.9. The number of piperazine rings is 1. The second-order valence-corrected chi connectivity index (χ2v) is 8.41. The average molecular weight is 329 g/mol. The first-order valence-electron chi connectivity index (χ1n) is 8.03. The molecule has 0 unspecified atom stereocenters. The van der Waals surface area contributed by atoms with E-state index in [1.807, 2.05) is 0 Å². The Morgan fingerprint density at radius 2 is 1.39 bits per heavy atom. The summed E-state index contributed by atoms with van der Waals surface area (Å²) in [4.78, 5) is 1.46. The molecular formula is C18H21N2O2S+. The largest absolute Gasteiger partial charge is 0.323 e. The number of nitrogens with one attached hydrogen (secondary N) is 1. The number of rotatable bonds is 2. The van der Waals surface area contributed by atoms with E-state index in [2.05, 4.69) is 48.5 Å². The van der Waals surface area contributed by atoms with Crippen LogP contribution in [0.4, 0.5) is 0 Å². The van der Waals surface area contributed by atoms with Crippen molar-refractivity contribution in [3.05, 3.63) is 59.7 Å². The van der Waals surface area contributed by atoms with Crippen molar-refractivity contribution < 1.29 is 13.3 Å². The van der Waals surface area contributed by atoms with Crippen molar-refractivity contribution in [1.82, 2.24) is 4.31 Å². The van der Waals surface area contributed by atoms with E-state index in [1.165, 1.54) is 33.4 Å². The van der Waals surface area contributed by atoms with Crippen LogP contribution >= 0.6 is 0 Å². The van der Waals surface area contributed by atoms with Gasteiger partial charge in [-0.25, -0.2) is 8.42 Å². The van der Waals surface area contributed by atoms with Gasteiger partial charge in [0.2, 0.25) is 10.0 Å². The molecule has 2 aromatic rings. The summed E-state index contributed by atoms with van der Waals surface area (Å²) in [6.45, 7) is 2.91. The van der Waals surface area contributed by atoms with Gasteiger partial charge in [-0.1, -0.05) is 48.5 Å². The van der Waals surface area contributed by atoms with E-state index in [9.17, 15) is 8.42 Å². The molecule has 1 saturated heterocycles. The van der Waals surface area contributed by atoms with Crippen molar-refractivity contribution >= 4 is 10.0 Å². The van der Waals surface area contributed by atoms with Gasteiger partial charge in [0.05, 0.1) is 32.4 Å². The number of sulfonamides is 1. The molecule has 0 aromatic heterocycles. The minimum atomic E-state index is -3.07. The highest BCUT2D eigenvalue weighted by molar-refractivity contribution is 7.88. The maximum atomic E-state index is 11.7. The van der Waals surface area contributed by atoms with E-state index in [4.69, 9.17) is 0 Å². The Bertz CT molecular complexity index is 794. The second kappa shape index (κ2) is 5.44. The van der Waals surface area contributed by atoms with Crippen molar-refractivity contribution in [2.45, 2.75) is 6.04 Å². The van der Waals surface area contributed by atoms with Crippen LogP contribution in [0, 0.1) is 0 Å². The minimum Gasteiger partial charge on any atom is -0.323 e. The fourth-order valence-electron chi connectivity index (χ4n) is 3.99. The van der Waals surface area contributed by atoms with Crippen molar-refractivity contribution in [2.75, 3.05) is 32.4 Å². The number of fused-ring (bicyclic) bond motifs is 3. The first-order valence-corrected chi connectivity index (χ1v) is 9.88. The molecule has 1 fully saturated rings. The van der Waals surface area contributed by atoms with Gasteiger partial charge in [0.25, 0.3) is 0 Å². The molecule has 2 aliphatic rings. The van der Waals surface area contributed by atoms with Crippen LogP contribution in [-0.4, -0.2) is 45.2 Å². The van der Waals surface area contributed by atoms with E-state index >= 15 is 0 Å². The topological polar surface area (TPSA) is 41.8 Å². The average Bonchev–Trinajstić information content (AvgIpc) is 2.89. The Hall–Kier alpha value is -1.69. The van der Waals surface area contributed by atoms with Gasteiger partial charge >= 0.3 is 0 Å². The number of benzene rings is 2. The van der Waals surface area contributed by atoms with Crippen LogP contribution < -0.4 is 4.90 Å². The quantitative estimate of drug-likeness (QED) is 0.890. The van der Waals surface area contributed by atoms with Crippen LogP contribution in [0.5, 0.6) is 0 Å². The monoisotopic (exact) mass is 329 g/mol. The van der Waals surface area contributed by atoms with Crippen LogP contribution in [0.2, 0.25) is 0 Å². The van der Waals surface area contributed by atoms with Gasteiger partial charge in [-0.2, -0.15) is 4.31 Å². The highest BCUT2D eigenvalue weighted by atomic mass is 32.2. The molecule has 1 aliphatic heterocycles. The zero-order chi connectivity index (χ0) is 16.0. The van der Waals surface area contributed by atoms with Gasteiger partial charge in [-0.05, 0) is 11.1 Å². The molecule has 5 heteroatoms. The summed E-state index contributed by atoms with van der Waals surface area (Å²) in [5.74, 6) is 0. The fraction of sp³-hybridized carbons (Fsp3) is 0.333. The summed E-state index contributed by atoms with van der Waals surface area (Å²) < 4.78 is 25.1. The fourth-order valence-corrected chi connectivity index (χ4v) is 4.83. The van der Waals surface area contributed by atoms with E-state index in [-0.39, 0.29) is 0 Å². The SMILES string of the molecule is CS(=O)(=O)N1CC[NH+](C2c3ccccc3-c3ccccc32)CC1. The molecule has 0 atom stereocenters. The molecule has 1 heterocycles. The van der Waals surface area contributed by atoms with Crippen LogP contribution in [-0.2, 0) is 10.0 Å². The number of hydrogen-bond acceptors (Lipinski definition) is 2. The van der Waals surface area contributed by atoms with Crippen LogP contribution in [0.3, 0.4) is 0 Å². The molecule has 1 N–H and O–H groups in total. The van der Waals surface area contributed by atoms with Crippen LogP contribution in [0.1, 0.15) is 17.2 Å². The Kier molecular flexibility index (Phi) is 3.52. The predicted octanol–water partition coefficient (Wildman–Crippen LogP) is 0.917. The van der Waals surface area contributed by atoms with Crippen molar-refractivity contribution in [3.63, 3.8) is 0 Å². The number of quaternary nitrogens is 1. The molecule has 23 heavy (non-hydrogen) atoms.